The van der Waals surface area contributed by atoms with Crippen molar-refractivity contribution in [2.24, 2.45) is 10.7 Å². The summed E-state index contributed by atoms with van der Waals surface area (Å²) in [4.78, 5) is 16.9. The van der Waals surface area contributed by atoms with Gasteiger partial charge in [-0.1, -0.05) is 42.5 Å². The van der Waals surface area contributed by atoms with E-state index >= 15 is 0 Å². The van der Waals surface area contributed by atoms with E-state index in [1.165, 1.54) is 12.1 Å². The molecule has 0 unspecified atom stereocenters. The molecule has 0 spiro atoms. The molecule has 0 fully saturated rings. The molecule has 134 valence electrons. The second-order valence-electron chi connectivity index (χ2n) is 5.67. The summed E-state index contributed by atoms with van der Waals surface area (Å²) in [6.45, 7) is 0.762. The molecule has 1 heterocycles. The lowest BCUT2D eigenvalue weighted by Crippen LogP contribution is -2.30. The first-order chi connectivity index (χ1) is 12.1. The molecule has 4 nitrogen and oxygen atoms in total. The summed E-state index contributed by atoms with van der Waals surface area (Å²) in [5.41, 5.74) is 8.03. The van der Waals surface area contributed by atoms with Crippen molar-refractivity contribution < 1.29 is 4.39 Å². The maximum Gasteiger partial charge on any atom is 0.261 e. The van der Waals surface area contributed by atoms with Crippen molar-refractivity contribution in [2.75, 3.05) is 0 Å². The molecule has 0 amide bonds. The van der Waals surface area contributed by atoms with Gasteiger partial charge in [0.1, 0.15) is 11.7 Å². The van der Waals surface area contributed by atoms with E-state index in [1.807, 2.05) is 30.3 Å². The van der Waals surface area contributed by atoms with Crippen LogP contribution in [-0.4, -0.2) is 10.4 Å². The summed E-state index contributed by atoms with van der Waals surface area (Å²) < 4.78 is 14.5. The Morgan fingerprint density at radius 1 is 0.962 bits per heavy atom. The van der Waals surface area contributed by atoms with Crippen molar-refractivity contribution in [3.63, 3.8) is 0 Å². The average Bonchev–Trinajstić information content (AvgIpc) is 2.63. The number of benzene rings is 2. The van der Waals surface area contributed by atoms with Crippen LogP contribution in [0.5, 0.6) is 0 Å². The smallest absolute Gasteiger partial charge is 0.261 e. The van der Waals surface area contributed by atoms with Crippen LogP contribution in [0.15, 0.2) is 82.7 Å². The Bertz CT molecular complexity index is 937. The highest BCUT2D eigenvalue weighted by Crippen LogP contribution is 2.05. The van der Waals surface area contributed by atoms with Gasteiger partial charge in [-0.25, -0.2) is 4.39 Å². The number of nitrogens with zero attached hydrogens (tertiary/aromatic N) is 2. The van der Waals surface area contributed by atoms with Crippen LogP contribution in [0.25, 0.3) is 0 Å². The van der Waals surface area contributed by atoms with Gasteiger partial charge in [0.05, 0.1) is 18.7 Å². The van der Waals surface area contributed by atoms with Gasteiger partial charge in [-0.05, 0) is 35.4 Å². The quantitative estimate of drug-likeness (QED) is 0.552. The molecule has 0 atom stereocenters. The van der Waals surface area contributed by atoms with Gasteiger partial charge < -0.3 is 10.3 Å². The molecule has 26 heavy (non-hydrogen) atoms. The molecule has 3 rings (SSSR count). The second-order valence-corrected chi connectivity index (χ2v) is 5.67. The Hall–Kier alpha value is -2.92. The van der Waals surface area contributed by atoms with Crippen LogP contribution in [0.1, 0.15) is 16.7 Å². The lowest BCUT2D eigenvalue weighted by molar-refractivity contribution is 0.627. The van der Waals surface area contributed by atoms with Gasteiger partial charge in [0.25, 0.3) is 5.56 Å². The number of nitrogens with two attached hydrogens (primary N) is 1. The molecule has 0 aliphatic heterocycles. The third-order valence-electron chi connectivity index (χ3n) is 3.84. The van der Waals surface area contributed by atoms with Crippen LogP contribution < -0.4 is 11.3 Å². The molecule has 0 radical (unpaired) electrons. The third kappa shape index (κ3) is 4.80. The van der Waals surface area contributed by atoms with E-state index in [-0.39, 0.29) is 29.6 Å². The normalized spacial score (nSPS) is 11.0. The average molecular weight is 372 g/mol. The van der Waals surface area contributed by atoms with Gasteiger partial charge >= 0.3 is 0 Å². The number of rotatable bonds is 5. The minimum Gasteiger partial charge on any atom is -0.383 e. The fourth-order valence-electron chi connectivity index (χ4n) is 2.49. The molecule has 3 aromatic rings. The Kier molecular flexibility index (Phi) is 6.69. The summed E-state index contributed by atoms with van der Waals surface area (Å²) >= 11 is 0. The van der Waals surface area contributed by atoms with Gasteiger partial charge in [0.15, 0.2) is 0 Å². The molecular weight excluding hydrogens is 353 g/mol. The van der Waals surface area contributed by atoms with Crippen LogP contribution in [0, 0.1) is 5.82 Å². The number of pyridine rings is 1. The minimum atomic E-state index is -0.299. The second kappa shape index (κ2) is 8.97. The van der Waals surface area contributed by atoms with Gasteiger partial charge in [0, 0.05) is 6.20 Å². The molecule has 0 saturated carbocycles. The summed E-state index contributed by atoms with van der Waals surface area (Å²) in [6.07, 6.45) is 1.73. The van der Waals surface area contributed by atoms with Crippen molar-refractivity contribution in [1.82, 2.24) is 4.57 Å². The molecule has 0 bridgehead atoms. The fourth-order valence-corrected chi connectivity index (χ4v) is 2.49. The molecule has 2 N–H and O–H groups in total. The van der Waals surface area contributed by atoms with Gasteiger partial charge in [-0.15, -0.1) is 12.4 Å². The van der Waals surface area contributed by atoms with Crippen LogP contribution >= 0.6 is 12.4 Å². The number of halogens is 2. The monoisotopic (exact) mass is 371 g/mol. The van der Waals surface area contributed by atoms with Crippen molar-refractivity contribution in [3.05, 3.63) is 106 Å². The summed E-state index contributed by atoms with van der Waals surface area (Å²) in [6, 6.07) is 19.2. The van der Waals surface area contributed by atoms with E-state index in [4.69, 9.17) is 5.73 Å². The van der Waals surface area contributed by atoms with E-state index in [0.29, 0.717) is 18.7 Å². The van der Waals surface area contributed by atoms with Crippen molar-refractivity contribution in [3.8, 4) is 0 Å². The van der Waals surface area contributed by atoms with Crippen LogP contribution in [-0.2, 0) is 13.1 Å². The minimum absolute atomic E-state index is 0. The number of hydrogen-bond donors (Lipinski definition) is 1. The third-order valence-corrected chi connectivity index (χ3v) is 3.84. The van der Waals surface area contributed by atoms with E-state index in [2.05, 4.69) is 4.99 Å². The molecular formula is C20H19ClFN3O. The maximum atomic E-state index is 12.9. The first kappa shape index (κ1) is 19.4. The summed E-state index contributed by atoms with van der Waals surface area (Å²) in [5.74, 6) is -0.121. The molecule has 6 heteroatoms. The first-order valence-corrected chi connectivity index (χ1v) is 7.91. The van der Waals surface area contributed by atoms with Crippen molar-refractivity contribution in [2.45, 2.75) is 13.1 Å². The molecule has 0 saturated heterocycles. The summed E-state index contributed by atoms with van der Waals surface area (Å²) in [5, 5.41) is 0. The van der Waals surface area contributed by atoms with Crippen LogP contribution in [0.4, 0.5) is 4.39 Å². The number of aromatic nitrogens is 1. The Balaban J connectivity index is 0.00000243. The molecule has 0 aliphatic rings. The highest BCUT2D eigenvalue weighted by molar-refractivity contribution is 5.97. The molecule has 1 aromatic heterocycles. The highest BCUT2D eigenvalue weighted by Gasteiger charge is 2.07. The molecule has 0 aliphatic carbocycles. The lowest BCUT2D eigenvalue weighted by atomic mass is 10.2. The summed E-state index contributed by atoms with van der Waals surface area (Å²) in [7, 11) is 0. The number of amidine groups is 1. The van der Waals surface area contributed by atoms with E-state index in [9.17, 15) is 9.18 Å². The Morgan fingerprint density at radius 2 is 1.65 bits per heavy atom. The Labute approximate surface area is 157 Å². The predicted molar refractivity (Wildman–Crippen MR) is 104 cm³/mol. The Morgan fingerprint density at radius 3 is 2.35 bits per heavy atom. The zero-order chi connectivity index (χ0) is 17.6. The SMILES string of the molecule is Cl.NC(=NCc1ccc(F)cc1)c1cccn(Cc2ccccc2)c1=O. The van der Waals surface area contributed by atoms with Gasteiger partial charge in [0.2, 0.25) is 0 Å². The van der Waals surface area contributed by atoms with Crippen molar-refractivity contribution >= 4 is 18.2 Å². The topological polar surface area (TPSA) is 60.4 Å². The standard InChI is InChI=1S/C20H18FN3O.ClH/c21-17-10-8-15(9-11-17)13-23-19(22)18-7-4-12-24(20(18)25)14-16-5-2-1-3-6-16;/h1-12H,13-14H2,(H2,22,23);1H. The first-order valence-electron chi connectivity index (χ1n) is 7.91. The zero-order valence-electron chi connectivity index (χ0n) is 14.0. The van der Waals surface area contributed by atoms with E-state index < -0.39 is 0 Å². The highest BCUT2D eigenvalue weighted by atomic mass is 35.5. The van der Waals surface area contributed by atoms with Crippen molar-refractivity contribution in [1.29, 1.82) is 0 Å². The van der Waals surface area contributed by atoms with E-state index in [1.54, 1.807) is 35.0 Å². The van der Waals surface area contributed by atoms with Crippen LogP contribution in [0.2, 0.25) is 0 Å². The van der Waals surface area contributed by atoms with Crippen LogP contribution in [0.3, 0.4) is 0 Å². The fraction of sp³-hybridized carbons (Fsp3) is 0.100. The lowest BCUT2D eigenvalue weighted by Gasteiger charge is -2.08. The molecule has 2 aromatic carbocycles. The zero-order valence-corrected chi connectivity index (χ0v) is 14.8. The van der Waals surface area contributed by atoms with Gasteiger partial charge in [-0.2, -0.15) is 0 Å². The largest absolute Gasteiger partial charge is 0.383 e. The van der Waals surface area contributed by atoms with E-state index in [0.717, 1.165) is 11.1 Å². The van der Waals surface area contributed by atoms with Gasteiger partial charge in [-0.3, -0.25) is 9.79 Å². The number of hydrogen-bond acceptors (Lipinski definition) is 2. The predicted octanol–water partition coefficient (Wildman–Crippen LogP) is 3.36. The maximum absolute atomic E-state index is 12.9. The number of aliphatic imine (C=N–C) groups is 1.